The van der Waals surface area contributed by atoms with Crippen LogP contribution in [0.5, 0.6) is 0 Å². The maximum atomic E-state index is 10.6. The lowest BCUT2D eigenvalue weighted by molar-refractivity contribution is -0.0245. The molecule has 0 aliphatic heterocycles. The summed E-state index contributed by atoms with van der Waals surface area (Å²) in [5.41, 5.74) is -0.123. The van der Waals surface area contributed by atoms with E-state index in [2.05, 4.69) is 25.8 Å². The SMILES string of the molecule is CC(C)(C)C1CCC(O)(Cc2nccs2)CC1. The largest absolute Gasteiger partial charge is 0.389 e. The third kappa shape index (κ3) is 3.29. The van der Waals surface area contributed by atoms with Crippen LogP contribution in [0, 0.1) is 11.3 Å². The van der Waals surface area contributed by atoms with Gasteiger partial charge >= 0.3 is 0 Å². The predicted octanol–water partition coefficient (Wildman–Crippen LogP) is 3.65. The van der Waals surface area contributed by atoms with Crippen LogP contribution in [0.15, 0.2) is 11.6 Å². The predicted molar refractivity (Wildman–Crippen MR) is 72.2 cm³/mol. The molecule has 0 radical (unpaired) electrons. The Morgan fingerprint density at radius 3 is 2.53 bits per heavy atom. The minimum Gasteiger partial charge on any atom is -0.389 e. The van der Waals surface area contributed by atoms with Crippen LogP contribution in [0.25, 0.3) is 0 Å². The van der Waals surface area contributed by atoms with E-state index in [0.29, 0.717) is 5.41 Å². The average Bonchev–Trinajstić information content (AvgIpc) is 2.68. The van der Waals surface area contributed by atoms with Gasteiger partial charge in [-0.1, -0.05) is 20.8 Å². The molecule has 0 aromatic carbocycles. The van der Waals surface area contributed by atoms with Crippen molar-refractivity contribution in [2.75, 3.05) is 0 Å². The Morgan fingerprint density at radius 2 is 2.06 bits per heavy atom. The number of aliphatic hydroxyl groups is 1. The van der Waals surface area contributed by atoms with Crippen molar-refractivity contribution in [3.05, 3.63) is 16.6 Å². The molecule has 2 nitrogen and oxygen atoms in total. The molecule has 1 aliphatic rings. The highest BCUT2D eigenvalue weighted by molar-refractivity contribution is 7.09. The quantitative estimate of drug-likeness (QED) is 0.872. The van der Waals surface area contributed by atoms with Gasteiger partial charge in [-0.2, -0.15) is 0 Å². The van der Waals surface area contributed by atoms with Crippen molar-refractivity contribution in [1.82, 2.24) is 4.98 Å². The fourth-order valence-corrected chi connectivity index (χ4v) is 3.57. The molecule has 1 aliphatic carbocycles. The Morgan fingerprint density at radius 1 is 1.41 bits per heavy atom. The van der Waals surface area contributed by atoms with Gasteiger partial charge in [-0.15, -0.1) is 11.3 Å². The van der Waals surface area contributed by atoms with Crippen LogP contribution in [0.3, 0.4) is 0 Å². The molecule has 1 N–H and O–H groups in total. The molecule has 1 aromatic rings. The van der Waals surface area contributed by atoms with E-state index in [1.807, 2.05) is 11.6 Å². The summed E-state index contributed by atoms with van der Waals surface area (Å²) in [5, 5.41) is 13.6. The van der Waals surface area contributed by atoms with Crippen molar-refractivity contribution in [3.63, 3.8) is 0 Å². The summed E-state index contributed by atoms with van der Waals surface area (Å²) < 4.78 is 0. The summed E-state index contributed by atoms with van der Waals surface area (Å²) in [4.78, 5) is 4.28. The summed E-state index contributed by atoms with van der Waals surface area (Å²) in [5.74, 6) is 0.749. The second kappa shape index (κ2) is 4.69. The standard InChI is InChI=1S/C14H23NOS/c1-13(2,3)11-4-6-14(16,7-5-11)10-12-15-8-9-17-12/h8-9,11,16H,4-7,10H2,1-3H3. The van der Waals surface area contributed by atoms with Crippen LogP contribution in [-0.2, 0) is 6.42 Å². The van der Waals surface area contributed by atoms with Gasteiger partial charge in [0.25, 0.3) is 0 Å². The highest BCUT2D eigenvalue weighted by Crippen LogP contribution is 2.42. The van der Waals surface area contributed by atoms with E-state index in [4.69, 9.17) is 0 Å². The topological polar surface area (TPSA) is 33.1 Å². The maximum absolute atomic E-state index is 10.6. The first-order valence-corrected chi connectivity index (χ1v) is 7.38. The van der Waals surface area contributed by atoms with E-state index in [-0.39, 0.29) is 0 Å². The summed E-state index contributed by atoms with van der Waals surface area (Å²) in [7, 11) is 0. The number of rotatable bonds is 2. The van der Waals surface area contributed by atoms with Crippen LogP contribution >= 0.6 is 11.3 Å². The molecule has 0 saturated heterocycles. The number of nitrogens with zero attached hydrogens (tertiary/aromatic N) is 1. The molecular weight excluding hydrogens is 230 g/mol. The monoisotopic (exact) mass is 253 g/mol. The molecule has 0 bridgehead atoms. The molecule has 96 valence electrons. The lowest BCUT2D eigenvalue weighted by atomic mass is 9.68. The van der Waals surface area contributed by atoms with Crippen molar-refractivity contribution in [2.24, 2.45) is 11.3 Å². The smallest absolute Gasteiger partial charge is 0.0953 e. The van der Waals surface area contributed by atoms with Gasteiger partial charge in [0.2, 0.25) is 0 Å². The van der Waals surface area contributed by atoms with Gasteiger partial charge in [0.15, 0.2) is 0 Å². The van der Waals surface area contributed by atoms with Gasteiger partial charge in [0.05, 0.1) is 10.6 Å². The third-order valence-electron chi connectivity index (χ3n) is 4.10. The van der Waals surface area contributed by atoms with Crippen LogP contribution in [-0.4, -0.2) is 15.7 Å². The van der Waals surface area contributed by atoms with Crippen LogP contribution < -0.4 is 0 Å². The normalized spacial score (nSPS) is 30.5. The van der Waals surface area contributed by atoms with Crippen molar-refractivity contribution >= 4 is 11.3 Å². The van der Waals surface area contributed by atoms with E-state index in [9.17, 15) is 5.11 Å². The molecule has 2 rings (SSSR count). The second-order valence-corrected chi connectivity index (χ2v) is 7.45. The highest BCUT2D eigenvalue weighted by Gasteiger charge is 2.37. The molecule has 17 heavy (non-hydrogen) atoms. The van der Waals surface area contributed by atoms with Gasteiger partial charge in [-0.3, -0.25) is 0 Å². The fourth-order valence-electron chi connectivity index (χ4n) is 2.82. The van der Waals surface area contributed by atoms with E-state index in [0.717, 1.165) is 43.0 Å². The third-order valence-corrected chi connectivity index (χ3v) is 4.88. The van der Waals surface area contributed by atoms with Crippen LogP contribution in [0.1, 0.15) is 51.5 Å². The number of aromatic nitrogens is 1. The summed E-state index contributed by atoms with van der Waals surface area (Å²) in [6, 6.07) is 0. The molecule has 0 amide bonds. The molecule has 1 heterocycles. The summed E-state index contributed by atoms with van der Waals surface area (Å²) >= 11 is 1.65. The van der Waals surface area contributed by atoms with Gasteiger partial charge < -0.3 is 5.11 Å². The first-order valence-electron chi connectivity index (χ1n) is 6.50. The first-order chi connectivity index (χ1) is 7.89. The van der Waals surface area contributed by atoms with Gasteiger partial charge in [0.1, 0.15) is 0 Å². The van der Waals surface area contributed by atoms with E-state index >= 15 is 0 Å². The molecular formula is C14H23NOS. The van der Waals surface area contributed by atoms with Crippen LogP contribution in [0.4, 0.5) is 0 Å². The Hall–Kier alpha value is -0.410. The van der Waals surface area contributed by atoms with Gasteiger partial charge in [-0.05, 0) is 37.0 Å². The summed E-state index contributed by atoms with van der Waals surface area (Å²) in [6.45, 7) is 6.93. The number of thiazole rings is 1. The highest BCUT2D eigenvalue weighted by atomic mass is 32.1. The zero-order valence-electron chi connectivity index (χ0n) is 11.1. The zero-order valence-corrected chi connectivity index (χ0v) is 11.9. The van der Waals surface area contributed by atoms with E-state index in [1.54, 1.807) is 11.3 Å². The van der Waals surface area contributed by atoms with Crippen LogP contribution in [0.2, 0.25) is 0 Å². The number of hydrogen-bond donors (Lipinski definition) is 1. The van der Waals surface area contributed by atoms with Crippen molar-refractivity contribution in [3.8, 4) is 0 Å². The van der Waals surface area contributed by atoms with Gasteiger partial charge in [0, 0.05) is 18.0 Å². The van der Waals surface area contributed by atoms with E-state index in [1.165, 1.54) is 0 Å². The Balaban J connectivity index is 1.93. The maximum Gasteiger partial charge on any atom is 0.0953 e. The lowest BCUT2D eigenvalue weighted by Gasteiger charge is -2.41. The Labute approximate surface area is 108 Å². The van der Waals surface area contributed by atoms with Crippen molar-refractivity contribution in [2.45, 2.75) is 58.5 Å². The number of hydrogen-bond acceptors (Lipinski definition) is 3. The van der Waals surface area contributed by atoms with Crippen molar-refractivity contribution in [1.29, 1.82) is 0 Å². The lowest BCUT2D eigenvalue weighted by Crippen LogP contribution is -2.39. The molecule has 1 aromatic heterocycles. The second-order valence-electron chi connectivity index (χ2n) is 6.47. The minimum atomic E-state index is -0.500. The summed E-state index contributed by atoms with van der Waals surface area (Å²) in [6.07, 6.45) is 6.70. The Kier molecular flexibility index (Phi) is 3.60. The average molecular weight is 253 g/mol. The van der Waals surface area contributed by atoms with Gasteiger partial charge in [-0.25, -0.2) is 4.98 Å². The molecule has 0 atom stereocenters. The molecule has 1 saturated carbocycles. The molecule has 0 spiro atoms. The zero-order chi connectivity index (χ0) is 12.5. The fraction of sp³-hybridized carbons (Fsp3) is 0.786. The van der Waals surface area contributed by atoms with E-state index < -0.39 is 5.60 Å². The molecule has 3 heteroatoms. The molecule has 1 fully saturated rings. The first kappa shape index (κ1) is 13.0. The molecule has 0 unspecified atom stereocenters. The minimum absolute atomic E-state index is 0.377. The Bertz CT molecular complexity index is 345. The van der Waals surface area contributed by atoms with Crippen molar-refractivity contribution < 1.29 is 5.11 Å².